The fourth-order valence-electron chi connectivity index (χ4n) is 6.44. The summed E-state index contributed by atoms with van der Waals surface area (Å²) in [5.41, 5.74) is 1.29. The van der Waals surface area contributed by atoms with Gasteiger partial charge in [-0.15, -0.1) is 11.3 Å². The number of para-hydroxylation sites is 1. The SMILES string of the molecule is CC[C@H](C)[C@H](NC(=O)[C@H](O)CNC=O)C(=O)N[C@H]1CNC(=O)/C(=C/c2c[nH]c3ccccc23)NC(=O)/C=C/c2csc(n2)[C@H](COC)NC(=O)C(=O)[C@H]([C@@H](C)CC)NC(=O)[C@H](C)NC1=O. The van der Waals surface area contributed by atoms with Gasteiger partial charge in [0.1, 0.15) is 41.0 Å². The van der Waals surface area contributed by atoms with Crippen molar-refractivity contribution in [3.8, 4) is 0 Å². The van der Waals surface area contributed by atoms with Gasteiger partial charge in [0.05, 0.1) is 24.9 Å². The van der Waals surface area contributed by atoms with E-state index in [1.807, 2.05) is 12.1 Å². The first kappa shape index (κ1) is 50.9. The molecule has 2 aromatic heterocycles. The average Bonchev–Trinajstić information content (AvgIpc) is 3.95. The van der Waals surface area contributed by atoms with Crippen LogP contribution in [0.5, 0.6) is 0 Å². The highest BCUT2D eigenvalue weighted by molar-refractivity contribution is 7.09. The number of H-pyrrole nitrogens is 1. The van der Waals surface area contributed by atoms with E-state index < -0.39 is 108 Å². The van der Waals surface area contributed by atoms with Crippen LogP contribution < -0.4 is 42.5 Å². The minimum atomic E-state index is -1.73. The van der Waals surface area contributed by atoms with Crippen molar-refractivity contribution in [1.82, 2.24) is 52.5 Å². The van der Waals surface area contributed by atoms with Crippen molar-refractivity contribution in [3.63, 3.8) is 0 Å². The van der Waals surface area contributed by atoms with Crippen LogP contribution in [0.3, 0.4) is 0 Å². The summed E-state index contributed by atoms with van der Waals surface area (Å²) in [4.78, 5) is 128. The third kappa shape index (κ3) is 14.1. The van der Waals surface area contributed by atoms with Gasteiger partial charge in [-0.1, -0.05) is 58.7 Å². The zero-order valence-corrected chi connectivity index (χ0v) is 37.6. The summed E-state index contributed by atoms with van der Waals surface area (Å²) in [5.74, 6) is -8.54. The van der Waals surface area contributed by atoms with E-state index in [0.717, 1.165) is 22.9 Å². The molecule has 10 N–H and O–H groups in total. The van der Waals surface area contributed by atoms with E-state index in [4.69, 9.17) is 4.74 Å². The first-order valence-corrected chi connectivity index (χ1v) is 21.8. The number of ether oxygens (including phenoxy) is 1. The average molecular weight is 921 g/mol. The van der Waals surface area contributed by atoms with Crippen molar-refractivity contribution in [2.45, 2.75) is 83.8 Å². The molecule has 4 rings (SSSR count). The number of carbonyl (C=O) groups is 9. The van der Waals surface area contributed by atoms with Crippen LogP contribution in [0.15, 0.2) is 47.6 Å². The number of amides is 8. The van der Waals surface area contributed by atoms with Crippen LogP contribution in [0.4, 0.5) is 0 Å². The van der Waals surface area contributed by atoms with Crippen LogP contribution in [-0.4, -0.2) is 126 Å². The van der Waals surface area contributed by atoms with Crippen LogP contribution in [0, 0.1) is 11.8 Å². The standard InChI is InChI=1S/C43H56N10O11S/c1-7-22(3)34-36(57)42(63)51-31(19-64-6)43-48-26(20-65-43)13-14-33(56)49-29(15-25-16-45-28-12-10-9-11-27(25)28)38(59)46-17-30(39(60)47-24(5)37(58)52-34)50-41(62)35(23(4)8-2)53-40(61)32(55)18-44-21-54/h9-16,20-24,30-32,34-35,45,55H,7-8,17-19H2,1-6H3,(H,44,54)(H,46,59)(H,47,60)(H,49,56)(H,50,62)(H,51,63)(H,52,58)(H,53,61)/b14-13+,29-15-/t22-,23-,24-,30-,31-,32+,34-,35-/m0/s1. The minimum absolute atomic E-state index is 0.0836. The van der Waals surface area contributed by atoms with Crippen LogP contribution >= 0.6 is 11.3 Å². The Morgan fingerprint density at radius 1 is 0.985 bits per heavy atom. The normalized spacial score (nSPS) is 22.3. The lowest BCUT2D eigenvalue weighted by Gasteiger charge is -2.28. The van der Waals surface area contributed by atoms with Crippen molar-refractivity contribution in [1.29, 1.82) is 0 Å². The molecule has 1 aliphatic rings. The molecule has 3 heterocycles. The van der Waals surface area contributed by atoms with E-state index in [2.05, 4.69) is 52.5 Å². The molecule has 1 aromatic carbocycles. The number of aromatic nitrogens is 2. The van der Waals surface area contributed by atoms with E-state index in [-0.39, 0.29) is 18.7 Å². The van der Waals surface area contributed by atoms with Gasteiger partial charge in [0, 0.05) is 47.8 Å². The molecule has 0 aliphatic carbocycles. The van der Waals surface area contributed by atoms with Crippen molar-refractivity contribution in [3.05, 3.63) is 63.9 Å². The molecule has 3 aromatic rings. The molecule has 1 aliphatic heterocycles. The molecule has 350 valence electrons. The number of hydrogen-bond donors (Lipinski definition) is 10. The van der Waals surface area contributed by atoms with Crippen molar-refractivity contribution in [2.24, 2.45) is 11.8 Å². The molecule has 2 bridgehead atoms. The first-order chi connectivity index (χ1) is 31.0. The predicted molar refractivity (Wildman–Crippen MR) is 239 cm³/mol. The fourth-order valence-corrected chi connectivity index (χ4v) is 7.26. The Labute approximate surface area is 378 Å². The minimum Gasteiger partial charge on any atom is -0.382 e. The second-order valence-electron chi connectivity index (χ2n) is 15.4. The molecule has 21 nitrogen and oxygen atoms in total. The molecule has 65 heavy (non-hydrogen) atoms. The van der Waals surface area contributed by atoms with E-state index in [1.54, 1.807) is 51.4 Å². The number of nitrogens with zero attached hydrogens (tertiary/aromatic N) is 1. The highest BCUT2D eigenvalue weighted by atomic mass is 32.1. The lowest BCUT2D eigenvalue weighted by atomic mass is 9.94. The van der Waals surface area contributed by atoms with E-state index in [0.29, 0.717) is 34.5 Å². The van der Waals surface area contributed by atoms with Crippen LogP contribution in [0.1, 0.15) is 69.8 Å². The molecule has 0 saturated carbocycles. The quantitative estimate of drug-likeness (QED) is 0.0554. The van der Waals surface area contributed by atoms with Crippen LogP contribution in [0.25, 0.3) is 23.1 Å². The highest BCUT2D eigenvalue weighted by Gasteiger charge is 2.36. The van der Waals surface area contributed by atoms with Gasteiger partial charge in [0.15, 0.2) is 0 Å². The maximum atomic E-state index is 14.1. The first-order valence-electron chi connectivity index (χ1n) is 20.9. The van der Waals surface area contributed by atoms with Crippen molar-refractivity contribution < 1.29 is 53.0 Å². The van der Waals surface area contributed by atoms with Gasteiger partial charge in [-0.05, 0) is 37.0 Å². The number of aliphatic hydroxyl groups is 1. The Hall–Kier alpha value is -6.78. The number of carbonyl (C=O) groups excluding carboxylic acids is 9. The van der Waals surface area contributed by atoms with Gasteiger partial charge in [0.2, 0.25) is 35.8 Å². The third-order valence-corrected chi connectivity index (χ3v) is 11.6. The largest absolute Gasteiger partial charge is 0.382 e. The molecule has 0 fully saturated rings. The maximum absolute atomic E-state index is 14.1. The number of aliphatic hydroxyl groups excluding tert-OH is 1. The van der Waals surface area contributed by atoms with Crippen molar-refractivity contribution >= 4 is 87.9 Å². The molecular formula is C43H56N10O11S. The monoisotopic (exact) mass is 920 g/mol. The zero-order valence-electron chi connectivity index (χ0n) is 36.8. The number of fused-ring (bicyclic) bond motifs is 3. The molecule has 8 atom stereocenters. The molecular weight excluding hydrogens is 865 g/mol. The maximum Gasteiger partial charge on any atom is 0.290 e. The number of thiazole rings is 1. The van der Waals surface area contributed by atoms with Gasteiger partial charge < -0.3 is 57.4 Å². The number of nitrogens with one attached hydrogen (secondary N) is 9. The smallest absolute Gasteiger partial charge is 0.290 e. The highest BCUT2D eigenvalue weighted by Crippen LogP contribution is 2.22. The van der Waals surface area contributed by atoms with Crippen LogP contribution in [0.2, 0.25) is 0 Å². The van der Waals surface area contributed by atoms with Crippen molar-refractivity contribution in [2.75, 3.05) is 26.8 Å². The zero-order chi connectivity index (χ0) is 47.8. The molecule has 0 spiro atoms. The summed E-state index contributed by atoms with van der Waals surface area (Å²) in [7, 11) is 1.39. The molecule has 0 radical (unpaired) electrons. The number of benzene rings is 1. The number of aromatic amines is 1. The summed E-state index contributed by atoms with van der Waals surface area (Å²) in [6.07, 6.45) is 4.79. The van der Waals surface area contributed by atoms with Gasteiger partial charge >= 0.3 is 0 Å². The lowest BCUT2D eigenvalue weighted by molar-refractivity contribution is -0.142. The van der Waals surface area contributed by atoms with Gasteiger partial charge in [-0.2, -0.15) is 0 Å². The van der Waals surface area contributed by atoms with E-state index in [1.165, 1.54) is 26.2 Å². The lowest BCUT2D eigenvalue weighted by Crippen LogP contribution is -2.61. The number of hydrogen-bond acceptors (Lipinski definition) is 13. The predicted octanol–water partition coefficient (Wildman–Crippen LogP) is -0.544. The van der Waals surface area contributed by atoms with Gasteiger partial charge in [0.25, 0.3) is 17.7 Å². The molecule has 8 amide bonds. The topological polar surface area (TPSA) is 308 Å². The molecule has 0 saturated heterocycles. The van der Waals surface area contributed by atoms with Gasteiger partial charge in [-0.25, -0.2) is 4.98 Å². The Morgan fingerprint density at radius 3 is 2.42 bits per heavy atom. The van der Waals surface area contributed by atoms with E-state index in [9.17, 15) is 48.3 Å². The Morgan fingerprint density at radius 2 is 1.72 bits per heavy atom. The number of rotatable bonds is 14. The Bertz CT molecular complexity index is 2290. The molecule has 0 unspecified atom stereocenters. The Balaban J connectivity index is 1.77. The summed E-state index contributed by atoms with van der Waals surface area (Å²) in [6.45, 7) is 6.92. The summed E-state index contributed by atoms with van der Waals surface area (Å²) in [6, 6.07) is 0.593. The summed E-state index contributed by atoms with van der Waals surface area (Å²) < 4.78 is 5.30. The second-order valence-corrected chi connectivity index (χ2v) is 16.3. The summed E-state index contributed by atoms with van der Waals surface area (Å²) in [5, 5.41) is 32.9. The van der Waals surface area contributed by atoms with Crippen LogP contribution in [-0.2, 0) is 47.9 Å². The number of Topliss-reactive ketones (excluding diaryl/α,β-unsaturated/α-hetero) is 1. The molecule has 22 heteroatoms. The van der Waals surface area contributed by atoms with E-state index >= 15 is 0 Å². The number of ketones is 1. The summed E-state index contributed by atoms with van der Waals surface area (Å²) >= 11 is 1.13. The van der Waals surface area contributed by atoms with Gasteiger partial charge in [-0.3, -0.25) is 43.2 Å². The fraction of sp³-hybridized carbons (Fsp3) is 0.442. The Kier molecular flexibility index (Phi) is 19.0. The second kappa shape index (κ2) is 24.3. The number of methoxy groups -OCH3 is 1. The third-order valence-electron chi connectivity index (χ3n) is 10.7.